The number of rotatable bonds is 4. The van der Waals surface area contributed by atoms with E-state index in [2.05, 4.69) is 4.98 Å². The van der Waals surface area contributed by atoms with Gasteiger partial charge in [-0.25, -0.2) is 4.98 Å². The molecule has 0 spiro atoms. The van der Waals surface area contributed by atoms with Gasteiger partial charge in [-0.15, -0.1) is 11.3 Å². The lowest BCUT2D eigenvalue weighted by atomic mass is 10.2. The lowest BCUT2D eigenvalue weighted by molar-refractivity contribution is 0.0734. The first-order chi connectivity index (χ1) is 10.0. The molecular formula is C16H19N3OS. The molecule has 1 aromatic carbocycles. The molecule has 2 N–H and O–H groups in total. The molecule has 5 heteroatoms. The number of nitrogen functional groups attached to an aromatic ring is 1. The Labute approximate surface area is 128 Å². The number of nitrogens with zero attached hydrogens (tertiary/aromatic N) is 2. The standard InChI is InChI=1S/C16H19N3OS/c1-10-15(21-11(2)18-10)16(20)19(14-7-8-14)9-12-3-5-13(17)6-4-12/h3-6,14H,7-9,17H2,1-2H3. The molecule has 0 saturated heterocycles. The van der Waals surface area contributed by atoms with Gasteiger partial charge in [0.1, 0.15) is 4.88 Å². The molecule has 1 fully saturated rings. The average molecular weight is 301 g/mol. The molecule has 1 saturated carbocycles. The molecule has 1 heterocycles. The molecule has 21 heavy (non-hydrogen) atoms. The Morgan fingerprint density at radius 3 is 2.52 bits per heavy atom. The predicted molar refractivity (Wildman–Crippen MR) is 85.3 cm³/mol. The van der Waals surface area contributed by atoms with Crippen LogP contribution < -0.4 is 5.73 Å². The largest absolute Gasteiger partial charge is 0.399 e. The quantitative estimate of drug-likeness (QED) is 0.883. The molecule has 4 nitrogen and oxygen atoms in total. The van der Waals surface area contributed by atoms with Gasteiger partial charge in [0.25, 0.3) is 5.91 Å². The monoisotopic (exact) mass is 301 g/mol. The molecule has 1 amide bonds. The van der Waals surface area contributed by atoms with Crippen LogP contribution in [0.15, 0.2) is 24.3 Å². The van der Waals surface area contributed by atoms with Crippen LogP contribution in [0.25, 0.3) is 0 Å². The second-order valence-electron chi connectivity index (χ2n) is 5.55. The number of hydrogen-bond donors (Lipinski definition) is 1. The maximum absolute atomic E-state index is 12.8. The lowest BCUT2D eigenvalue weighted by Crippen LogP contribution is -2.32. The summed E-state index contributed by atoms with van der Waals surface area (Å²) in [5.41, 5.74) is 8.42. The number of benzene rings is 1. The van der Waals surface area contributed by atoms with E-state index in [-0.39, 0.29) is 5.91 Å². The van der Waals surface area contributed by atoms with Crippen LogP contribution in [-0.2, 0) is 6.54 Å². The second-order valence-corrected chi connectivity index (χ2v) is 6.76. The highest BCUT2D eigenvalue weighted by atomic mass is 32.1. The summed E-state index contributed by atoms with van der Waals surface area (Å²) in [5, 5.41) is 0.944. The van der Waals surface area contributed by atoms with Crippen LogP contribution in [0.2, 0.25) is 0 Å². The van der Waals surface area contributed by atoms with E-state index in [1.807, 2.05) is 43.0 Å². The molecule has 1 aromatic heterocycles. The highest BCUT2D eigenvalue weighted by Gasteiger charge is 2.34. The van der Waals surface area contributed by atoms with Crippen LogP contribution in [0, 0.1) is 13.8 Å². The number of carbonyl (C=O) groups excluding carboxylic acids is 1. The predicted octanol–water partition coefficient (Wildman–Crippen LogP) is 3.15. The van der Waals surface area contributed by atoms with E-state index in [0.717, 1.165) is 39.7 Å². The number of amides is 1. The Balaban J connectivity index is 1.83. The van der Waals surface area contributed by atoms with E-state index in [0.29, 0.717) is 12.6 Å². The zero-order chi connectivity index (χ0) is 15.0. The number of anilines is 1. The zero-order valence-electron chi connectivity index (χ0n) is 12.3. The van der Waals surface area contributed by atoms with Crippen molar-refractivity contribution in [1.29, 1.82) is 0 Å². The van der Waals surface area contributed by atoms with Gasteiger partial charge in [0, 0.05) is 18.3 Å². The van der Waals surface area contributed by atoms with Gasteiger partial charge in [0.15, 0.2) is 0 Å². The minimum atomic E-state index is 0.109. The van der Waals surface area contributed by atoms with Gasteiger partial charge < -0.3 is 10.6 Å². The minimum Gasteiger partial charge on any atom is -0.399 e. The third-order valence-electron chi connectivity index (χ3n) is 3.68. The summed E-state index contributed by atoms with van der Waals surface area (Å²) in [6.45, 7) is 4.49. The van der Waals surface area contributed by atoms with Crippen LogP contribution in [0.5, 0.6) is 0 Å². The first kappa shape index (κ1) is 14.1. The maximum atomic E-state index is 12.8. The highest BCUT2D eigenvalue weighted by Crippen LogP contribution is 2.31. The summed E-state index contributed by atoms with van der Waals surface area (Å²) in [6.07, 6.45) is 2.19. The van der Waals surface area contributed by atoms with Gasteiger partial charge in [0.2, 0.25) is 0 Å². The van der Waals surface area contributed by atoms with Crippen molar-refractivity contribution in [1.82, 2.24) is 9.88 Å². The van der Waals surface area contributed by atoms with Crippen molar-refractivity contribution in [3.63, 3.8) is 0 Å². The fourth-order valence-corrected chi connectivity index (χ4v) is 3.31. The summed E-state index contributed by atoms with van der Waals surface area (Å²) < 4.78 is 0. The molecular weight excluding hydrogens is 282 g/mol. The van der Waals surface area contributed by atoms with Crippen molar-refractivity contribution in [2.45, 2.75) is 39.3 Å². The van der Waals surface area contributed by atoms with Gasteiger partial charge in [-0.1, -0.05) is 12.1 Å². The third-order valence-corrected chi connectivity index (χ3v) is 4.74. The van der Waals surface area contributed by atoms with Gasteiger partial charge >= 0.3 is 0 Å². The summed E-state index contributed by atoms with van der Waals surface area (Å²) in [4.78, 5) is 19.9. The van der Waals surface area contributed by atoms with Crippen LogP contribution in [-0.4, -0.2) is 21.8 Å². The summed E-state index contributed by atoms with van der Waals surface area (Å²) in [6, 6.07) is 8.11. The minimum absolute atomic E-state index is 0.109. The summed E-state index contributed by atoms with van der Waals surface area (Å²) in [7, 11) is 0. The van der Waals surface area contributed by atoms with Gasteiger partial charge in [-0.05, 0) is 44.4 Å². The molecule has 1 aliphatic rings. The van der Waals surface area contributed by atoms with Crippen LogP contribution in [0.3, 0.4) is 0 Å². The Bertz CT molecular complexity index is 659. The molecule has 3 rings (SSSR count). The van der Waals surface area contributed by atoms with Crippen molar-refractivity contribution in [3.05, 3.63) is 45.4 Å². The van der Waals surface area contributed by atoms with Crippen LogP contribution in [0.4, 0.5) is 5.69 Å². The molecule has 0 radical (unpaired) electrons. The Morgan fingerprint density at radius 1 is 1.33 bits per heavy atom. The van der Waals surface area contributed by atoms with E-state index in [1.54, 1.807) is 0 Å². The van der Waals surface area contributed by atoms with Crippen molar-refractivity contribution in [2.75, 3.05) is 5.73 Å². The number of hydrogen-bond acceptors (Lipinski definition) is 4. The molecule has 0 aliphatic heterocycles. The lowest BCUT2D eigenvalue weighted by Gasteiger charge is -2.22. The summed E-state index contributed by atoms with van der Waals surface area (Å²) in [5.74, 6) is 0.109. The molecule has 1 aliphatic carbocycles. The van der Waals surface area contributed by atoms with Gasteiger partial charge in [-0.3, -0.25) is 4.79 Å². The normalized spacial score (nSPS) is 14.2. The fourth-order valence-electron chi connectivity index (χ4n) is 2.43. The van der Waals surface area contributed by atoms with E-state index in [1.165, 1.54) is 11.3 Å². The number of carbonyl (C=O) groups is 1. The van der Waals surface area contributed by atoms with E-state index in [4.69, 9.17) is 5.73 Å². The van der Waals surface area contributed by atoms with Gasteiger partial charge in [-0.2, -0.15) is 0 Å². The van der Waals surface area contributed by atoms with Crippen molar-refractivity contribution >= 4 is 22.9 Å². The third kappa shape index (κ3) is 3.08. The fraction of sp³-hybridized carbons (Fsp3) is 0.375. The van der Waals surface area contributed by atoms with Crippen molar-refractivity contribution in [2.24, 2.45) is 0 Å². The zero-order valence-corrected chi connectivity index (χ0v) is 13.1. The second kappa shape index (κ2) is 5.48. The first-order valence-electron chi connectivity index (χ1n) is 7.14. The van der Waals surface area contributed by atoms with E-state index in [9.17, 15) is 4.79 Å². The Morgan fingerprint density at radius 2 is 2.00 bits per heavy atom. The maximum Gasteiger partial charge on any atom is 0.266 e. The Hall–Kier alpha value is -1.88. The topological polar surface area (TPSA) is 59.2 Å². The average Bonchev–Trinajstić information content (AvgIpc) is 3.22. The smallest absolute Gasteiger partial charge is 0.266 e. The van der Waals surface area contributed by atoms with Crippen LogP contribution in [0.1, 0.15) is 38.8 Å². The molecule has 0 atom stereocenters. The SMILES string of the molecule is Cc1nc(C)c(C(=O)N(Cc2ccc(N)cc2)C2CC2)s1. The van der Waals surface area contributed by atoms with E-state index < -0.39 is 0 Å². The summed E-state index contributed by atoms with van der Waals surface area (Å²) >= 11 is 1.49. The molecule has 0 bridgehead atoms. The highest BCUT2D eigenvalue weighted by molar-refractivity contribution is 7.13. The van der Waals surface area contributed by atoms with E-state index >= 15 is 0 Å². The first-order valence-corrected chi connectivity index (χ1v) is 7.95. The number of nitrogens with two attached hydrogens (primary N) is 1. The van der Waals surface area contributed by atoms with Gasteiger partial charge in [0.05, 0.1) is 10.7 Å². The number of thiazole rings is 1. The van der Waals surface area contributed by atoms with Crippen LogP contribution >= 0.6 is 11.3 Å². The molecule has 110 valence electrons. The number of aromatic nitrogens is 1. The van der Waals surface area contributed by atoms with Crippen molar-refractivity contribution in [3.8, 4) is 0 Å². The molecule has 2 aromatic rings. The number of aryl methyl sites for hydroxylation is 2. The van der Waals surface area contributed by atoms with Crippen molar-refractivity contribution < 1.29 is 4.79 Å². The Kier molecular flexibility index (Phi) is 3.68. The molecule has 0 unspecified atom stereocenters.